The van der Waals surface area contributed by atoms with Gasteiger partial charge in [0.2, 0.25) is 5.09 Å². The number of nitrogens with zero attached hydrogens (tertiary/aromatic N) is 1. The lowest BCUT2D eigenvalue weighted by Crippen LogP contribution is -2.38. The second-order valence-corrected chi connectivity index (χ2v) is 7.76. The molecule has 2 heterocycles. The van der Waals surface area contributed by atoms with Gasteiger partial charge in [0.05, 0.1) is 6.26 Å². The molecule has 5 heteroatoms. The number of fused-ring (bicyclic) bond motifs is 1. The lowest BCUT2D eigenvalue weighted by Gasteiger charge is -2.33. The Labute approximate surface area is 141 Å². The quantitative estimate of drug-likeness (QED) is 0.732. The zero-order valence-electron chi connectivity index (χ0n) is 13.0. The van der Waals surface area contributed by atoms with Gasteiger partial charge in [-0.3, -0.25) is 0 Å². The molecule has 0 N–H and O–H groups in total. The molecule has 1 aliphatic rings. The SMILES string of the molecule is O=S(=O)(c1ccco1)N1Cc2ccccc2C(c2ccccc2)C1. The Morgan fingerprint density at radius 1 is 0.917 bits per heavy atom. The molecule has 0 aliphatic carbocycles. The van der Waals surface area contributed by atoms with Gasteiger partial charge in [-0.15, -0.1) is 0 Å². The van der Waals surface area contributed by atoms with Crippen LogP contribution in [-0.2, 0) is 16.6 Å². The van der Waals surface area contributed by atoms with Crippen molar-refractivity contribution in [2.75, 3.05) is 6.54 Å². The van der Waals surface area contributed by atoms with Crippen LogP contribution in [-0.4, -0.2) is 19.3 Å². The molecule has 1 aliphatic heterocycles. The molecule has 1 unspecified atom stereocenters. The summed E-state index contributed by atoms with van der Waals surface area (Å²) in [5.41, 5.74) is 3.34. The number of sulfonamides is 1. The van der Waals surface area contributed by atoms with Crippen molar-refractivity contribution in [3.8, 4) is 0 Å². The van der Waals surface area contributed by atoms with E-state index < -0.39 is 10.0 Å². The van der Waals surface area contributed by atoms with Crippen LogP contribution in [0.5, 0.6) is 0 Å². The average molecular weight is 339 g/mol. The zero-order chi connectivity index (χ0) is 16.6. The van der Waals surface area contributed by atoms with E-state index in [2.05, 4.69) is 6.07 Å². The third kappa shape index (κ3) is 2.56. The minimum absolute atomic E-state index is 0.00584. The Hall–Kier alpha value is -2.37. The fourth-order valence-electron chi connectivity index (χ4n) is 3.27. The molecule has 4 nitrogen and oxygen atoms in total. The van der Waals surface area contributed by atoms with E-state index in [4.69, 9.17) is 4.42 Å². The first-order valence-electron chi connectivity index (χ1n) is 7.82. The summed E-state index contributed by atoms with van der Waals surface area (Å²) in [6.45, 7) is 0.770. The van der Waals surface area contributed by atoms with Crippen LogP contribution in [0.25, 0.3) is 0 Å². The normalized spacial score (nSPS) is 18.2. The summed E-state index contributed by atoms with van der Waals surface area (Å²) in [6.07, 6.45) is 1.39. The van der Waals surface area contributed by atoms with E-state index >= 15 is 0 Å². The first-order chi connectivity index (χ1) is 11.7. The number of hydrogen-bond acceptors (Lipinski definition) is 3. The van der Waals surface area contributed by atoms with E-state index in [0.29, 0.717) is 13.1 Å². The predicted octanol–water partition coefficient (Wildman–Crippen LogP) is 3.62. The molecular weight excluding hydrogens is 322 g/mol. The predicted molar refractivity (Wildman–Crippen MR) is 91.0 cm³/mol. The number of benzene rings is 2. The molecule has 0 amide bonds. The second-order valence-electron chi connectivity index (χ2n) is 5.89. The molecule has 0 spiro atoms. The van der Waals surface area contributed by atoms with Crippen LogP contribution in [0.2, 0.25) is 0 Å². The topological polar surface area (TPSA) is 50.5 Å². The largest absolute Gasteiger partial charge is 0.452 e. The summed E-state index contributed by atoms with van der Waals surface area (Å²) in [7, 11) is -3.64. The van der Waals surface area contributed by atoms with Gasteiger partial charge in [-0.1, -0.05) is 54.6 Å². The highest BCUT2D eigenvalue weighted by molar-refractivity contribution is 7.89. The lowest BCUT2D eigenvalue weighted by molar-refractivity contribution is 0.351. The van der Waals surface area contributed by atoms with Crippen molar-refractivity contribution >= 4 is 10.0 Å². The molecule has 122 valence electrons. The molecule has 0 bridgehead atoms. The van der Waals surface area contributed by atoms with Gasteiger partial charge in [-0.05, 0) is 28.8 Å². The Kier molecular flexibility index (Phi) is 3.75. The van der Waals surface area contributed by atoms with Crippen molar-refractivity contribution in [3.63, 3.8) is 0 Å². The second kappa shape index (κ2) is 5.92. The molecule has 0 saturated carbocycles. The molecule has 3 aromatic rings. The Balaban J connectivity index is 1.79. The maximum absolute atomic E-state index is 12.9. The molecule has 1 atom stereocenters. The third-order valence-corrected chi connectivity index (χ3v) is 6.15. The van der Waals surface area contributed by atoms with Crippen LogP contribution in [0.4, 0.5) is 0 Å². The van der Waals surface area contributed by atoms with Gasteiger partial charge in [-0.2, -0.15) is 4.31 Å². The van der Waals surface area contributed by atoms with Gasteiger partial charge in [0, 0.05) is 19.0 Å². The van der Waals surface area contributed by atoms with E-state index in [1.807, 2.05) is 48.5 Å². The number of rotatable bonds is 3. The van der Waals surface area contributed by atoms with E-state index in [1.165, 1.54) is 22.2 Å². The Morgan fingerprint density at radius 2 is 1.67 bits per heavy atom. The average Bonchev–Trinajstić information content (AvgIpc) is 3.17. The van der Waals surface area contributed by atoms with Crippen LogP contribution in [0.1, 0.15) is 22.6 Å². The maximum Gasteiger partial charge on any atom is 0.276 e. The minimum atomic E-state index is -3.64. The molecule has 0 saturated heterocycles. The summed E-state index contributed by atoms with van der Waals surface area (Å²) in [5.74, 6) is 0.0147. The minimum Gasteiger partial charge on any atom is -0.452 e. The molecule has 1 aromatic heterocycles. The zero-order valence-corrected chi connectivity index (χ0v) is 13.8. The van der Waals surface area contributed by atoms with E-state index in [1.54, 1.807) is 6.07 Å². The first kappa shape index (κ1) is 15.2. The first-order valence-corrected chi connectivity index (χ1v) is 9.26. The molecule has 0 radical (unpaired) electrons. The van der Waals surface area contributed by atoms with Crippen LogP contribution < -0.4 is 0 Å². The van der Waals surface area contributed by atoms with Gasteiger partial charge < -0.3 is 4.42 Å². The summed E-state index contributed by atoms with van der Waals surface area (Å²) in [4.78, 5) is 0. The standard InChI is InChI=1S/C19H17NO3S/c21-24(22,19-11-6-12-23-19)20-13-16-9-4-5-10-17(16)18(14-20)15-7-2-1-3-8-15/h1-12,18H,13-14H2. The van der Waals surface area contributed by atoms with Crippen LogP contribution in [0.15, 0.2) is 82.5 Å². The van der Waals surface area contributed by atoms with Crippen molar-refractivity contribution in [3.05, 3.63) is 89.7 Å². The van der Waals surface area contributed by atoms with Gasteiger partial charge in [0.25, 0.3) is 10.0 Å². The van der Waals surface area contributed by atoms with Crippen LogP contribution in [0.3, 0.4) is 0 Å². The summed E-state index contributed by atoms with van der Waals surface area (Å²) in [6, 6.07) is 21.2. The Morgan fingerprint density at radius 3 is 2.42 bits per heavy atom. The number of hydrogen-bond donors (Lipinski definition) is 0. The van der Waals surface area contributed by atoms with Crippen molar-refractivity contribution in [1.29, 1.82) is 0 Å². The van der Waals surface area contributed by atoms with Gasteiger partial charge in [-0.25, -0.2) is 8.42 Å². The van der Waals surface area contributed by atoms with E-state index in [0.717, 1.165) is 11.1 Å². The van der Waals surface area contributed by atoms with Crippen molar-refractivity contribution < 1.29 is 12.8 Å². The van der Waals surface area contributed by atoms with Crippen molar-refractivity contribution in [2.45, 2.75) is 17.6 Å². The van der Waals surface area contributed by atoms with Crippen LogP contribution >= 0.6 is 0 Å². The van der Waals surface area contributed by atoms with E-state index in [9.17, 15) is 8.42 Å². The van der Waals surface area contributed by atoms with Gasteiger partial charge in [0.1, 0.15) is 0 Å². The van der Waals surface area contributed by atoms with Crippen molar-refractivity contribution in [2.24, 2.45) is 0 Å². The monoisotopic (exact) mass is 339 g/mol. The smallest absolute Gasteiger partial charge is 0.276 e. The van der Waals surface area contributed by atoms with Gasteiger partial charge in [0.15, 0.2) is 0 Å². The van der Waals surface area contributed by atoms with Crippen molar-refractivity contribution in [1.82, 2.24) is 4.31 Å². The highest BCUT2D eigenvalue weighted by Gasteiger charge is 2.35. The van der Waals surface area contributed by atoms with E-state index in [-0.39, 0.29) is 11.0 Å². The Bertz CT molecular complexity index is 934. The fourth-order valence-corrected chi connectivity index (χ4v) is 4.60. The summed E-state index contributed by atoms with van der Waals surface area (Å²) >= 11 is 0. The molecule has 2 aromatic carbocycles. The third-order valence-electron chi connectivity index (χ3n) is 4.45. The molecule has 4 rings (SSSR count). The molecule has 0 fully saturated rings. The summed E-state index contributed by atoms with van der Waals surface area (Å²) < 4.78 is 32.4. The molecular formula is C19H17NO3S. The molecule has 24 heavy (non-hydrogen) atoms. The van der Waals surface area contributed by atoms with Crippen LogP contribution in [0, 0.1) is 0 Å². The maximum atomic E-state index is 12.9. The van der Waals surface area contributed by atoms with Gasteiger partial charge >= 0.3 is 0 Å². The lowest BCUT2D eigenvalue weighted by atomic mass is 9.86. The highest BCUT2D eigenvalue weighted by atomic mass is 32.2. The number of furan rings is 1. The summed E-state index contributed by atoms with van der Waals surface area (Å²) in [5, 5.41) is -0.00584. The highest BCUT2D eigenvalue weighted by Crippen LogP contribution is 2.35. The fraction of sp³-hybridized carbons (Fsp3) is 0.158.